The van der Waals surface area contributed by atoms with Crippen LogP contribution in [0.5, 0.6) is 5.75 Å². The number of piperazine rings is 1. The zero-order valence-electron chi connectivity index (χ0n) is 45.8. The van der Waals surface area contributed by atoms with Gasteiger partial charge in [0, 0.05) is 86.6 Å². The number of nitrogens with zero attached hydrogens (tertiary/aromatic N) is 5. The van der Waals surface area contributed by atoms with Crippen LogP contribution in [0.3, 0.4) is 0 Å². The number of anilines is 1. The highest BCUT2D eigenvalue weighted by molar-refractivity contribution is 5.93. The highest BCUT2D eigenvalue weighted by atomic mass is 16.6. The largest absolute Gasteiger partial charge is 0.458 e. The molecule has 1 amide bonds. The van der Waals surface area contributed by atoms with Gasteiger partial charge < -0.3 is 38.8 Å². The number of hydrogen-bond acceptors (Lipinski definition) is 13. The summed E-state index contributed by atoms with van der Waals surface area (Å²) in [6, 6.07) is 16.2. The molecule has 2 saturated carbocycles. The van der Waals surface area contributed by atoms with Gasteiger partial charge in [0.05, 0.1) is 35.1 Å². The van der Waals surface area contributed by atoms with Crippen molar-refractivity contribution in [3.63, 3.8) is 0 Å². The van der Waals surface area contributed by atoms with Crippen LogP contribution in [0.4, 0.5) is 10.5 Å². The van der Waals surface area contributed by atoms with Gasteiger partial charge >= 0.3 is 18.0 Å². The maximum absolute atomic E-state index is 13.8. The number of aromatic nitrogens is 2. The predicted molar refractivity (Wildman–Crippen MR) is 293 cm³/mol. The number of ether oxygens (including phenoxy) is 3. The quantitative estimate of drug-likeness (QED) is 0.0795. The number of amides is 1. The lowest BCUT2D eigenvalue weighted by Crippen LogP contribution is -2.58. The fourth-order valence-corrected chi connectivity index (χ4v) is 15.2. The van der Waals surface area contributed by atoms with Crippen LogP contribution in [0.25, 0.3) is 22.3 Å². The minimum Gasteiger partial charge on any atom is -0.458 e. The molecule has 3 aliphatic heterocycles. The molecule has 408 valence electrons. The first-order chi connectivity index (χ1) is 37.0. The Balaban J connectivity index is 0.662. The third-order valence-corrected chi connectivity index (χ3v) is 19.3. The molecule has 11 rings (SSSR count). The van der Waals surface area contributed by atoms with Gasteiger partial charge in [0.15, 0.2) is 11.4 Å². The molecule has 2 N–H and O–H groups in total. The lowest BCUT2D eigenvalue weighted by Gasteiger charge is -2.56. The molecule has 0 spiro atoms. The fraction of sp³-hybridized carbons (Fsp3) is 0.548. The van der Waals surface area contributed by atoms with E-state index in [-0.39, 0.29) is 59.4 Å². The van der Waals surface area contributed by atoms with E-state index in [0.717, 1.165) is 100 Å². The van der Waals surface area contributed by atoms with Crippen LogP contribution < -0.4 is 15.2 Å². The minimum atomic E-state index is -1.90. The van der Waals surface area contributed by atoms with E-state index in [2.05, 4.69) is 48.0 Å². The number of benzene rings is 2. The Kier molecular flexibility index (Phi) is 14.1. The number of pyridine rings is 2. The number of cyclic esters (lactones) is 1. The number of ketones is 1. The van der Waals surface area contributed by atoms with Gasteiger partial charge in [-0.25, -0.2) is 14.6 Å². The second-order valence-corrected chi connectivity index (χ2v) is 23.4. The number of unbranched alkanes of at least 4 members (excludes halogenated alkanes) is 3. The highest BCUT2D eigenvalue weighted by Gasteiger charge is 2.67. The number of rotatable bonds is 14. The number of aliphatic hydroxyl groups is 2. The van der Waals surface area contributed by atoms with E-state index in [1.54, 1.807) is 35.4 Å². The highest BCUT2D eigenvalue weighted by Crippen LogP contribution is 2.68. The Hall–Kier alpha value is -6.16. The lowest BCUT2D eigenvalue weighted by molar-refractivity contribution is -0.199. The Morgan fingerprint density at radius 1 is 0.948 bits per heavy atom. The molecule has 2 aromatic heterocycles. The van der Waals surface area contributed by atoms with Crippen LogP contribution in [-0.2, 0) is 49.0 Å². The van der Waals surface area contributed by atoms with Gasteiger partial charge in [-0.3, -0.25) is 19.3 Å². The second-order valence-electron chi connectivity index (χ2n) is 23.4. The molecular weight excluding hydrogens is 975 g/mol. The smallest absolute Gasteiger partial charge is 0.415 e. The van der Waals surface area contributed by atoms with E-state index in [0.29, 0.717) is 67.5 Å². The van der Waals surface area contributed by atoms with Gasteiger partial charge in [0.2, 0.25) is 0 Å². The summed E-state index contributed by atoms with van der Waals surface area (Å²) in [5.74, 6) is 0.264. The van der Waals surface area contributed by atoms with Gasteiger partial charge in [-0.05, 0) is 154 Å². The standard InChI is InChI=1S/C62H75N5O10/c1-7-44-47-32-43(19-22-53(47)63-56-49(44)35-67-54(56)33-52-50(57(67)71)36-75-58(72)61(52,74)8-2)76-59(73)66-29-27-65(28-30-66)26-12-10-9-11-25-64(6)41-16-13-39(14-17-41)48-34-60(5)51(23-24-62(60,37(3)68)77-38(4)69)46-20-15-40-31-42(70)18-21-45(40)55(46)48/h13-14,16-17,19,22,31-33,37,46,48,51,68,74H,7-12,15,18,20-21,23-30,34-36H2,1-6H3/t37-,46+,48?,51+,60+,61+,62+/m1/s1. The Morgan fingerprint density at radius 3 is 2.44 bits per heavy atom. The molecule has 5 heterocycles. The van der Waals surface area contributed by atoms with E-state index in [1.807, 2.05) is 25.1 Å². The third kappa shape index (κ3) is 9.01. The molecule has 77 heavy (non-hydrogen) atoms. The summed E-state index contributed by atoms with van der Waals surface area (Å²) >= 11 is 0. The van der Waals surface area contributed by atoms with Crippen LogP contribution in [0.2, 0.25) is 0 Å². The van der Waals surface area contributed by atoms with Crippen molar-refractivity contribution in [2.75, 3.05) is 51.2 Å². The fourth-order valence-electron chi connectivity index (χ4n) is 15.2. The second kappa shape index (κ2) is 20.6. The van der Waals surface area contributed by atoms with Crippen molar-refractivity contribution in [2.24, 2.45) is 17.3 Å². The molecule has 15 nitrogen and oxygen atoms in total. The maximum atomic E-state index is 13.8. The van der Waals surface area contributed by atoms with Crippen molar-refractivity contribution in [3.05, 3.63) is 109 Å². The molecule has 2 aromatic carbocycles. The summed E-state index contributed by atoms with van der Waals surface area (Å²) in [5, 5.41) is 23.5. The van der Waals surface area contributed by atoms with Gasteiger partial charge in [-0.1, -0.05) is 51.3 Å². The first kappa shape index (κ1) is 52.9. The number of esters is 2. The SMILES string of the molecule is CCc1c2c(nc3ccc(OC(=O)N4CCN(CCCCCCN(C)c5ccc(C6C[C@@]7(C)[C@@H](CC[C@]7(OC(C)=O)[C@@H](C)O)[C@@H]7CCC8=CC(=O)CCC8=C67)cc5)CC4)cc13)-c1cc3c(c(=O)n1C2)COC(=O)[C@]3(O)CC. The van der Waals surface area contributed by atoms with Crippen LogP contribution in [0.15, 0.2) is 76.1 Å². The molecule has 3 fully saturated rings. The van der Waals surface area contributed by atoms with Crippen LogP contribution >= 0.6 is 0 Å². The number of aliphatic hydroxyl groups excluding tert-OH is 1. The Labute approximate surface area is 451 Å². The number of carbonyl (C=O) groups excluding carboxylic acids is 4. The monoisotopic (exact) mass is 1050 g/mol. The summed E-state index contributed by atoms with van der Waals surface area (Å²) in [6.45, 7) is 14.0. The molecule has 4 aliphatic carbocycles. The number of fused-ring (bicyclic) bond motifs is 9. The summed E-state index contributed by atoms with van der Waals surface area (Å²) in [4.78, 5) is 76.7. The van der Waals surface area contributed by atoms with E-state index in [1.165, 1.54) is 34.9 Å². The number of allylic oxidation sites excluding steroid dienone is 4. The molecule has 4 aromatic rings. The minimum absolute atomic E-state index is 0.0733. The normalized spacial score (nSPS) is 26.9. The van der Waals surface area contributed by atoms with Crippen molar-refractivity contribution in [1.82, 2.24) is 19.4 Å². The molecular formula is C62H75N5O10. The van der Waals surface area contributed by atoms with Gasteiger partial charge in [0.1, 0.15) is 18.0 Å². The predicted octanol–water partition coefficient (Wildman–Crippen LogP) is 9.04. The third-order valence-electron chi connectivity index (χ3n) is 19.3. The van der Waals surface area contributed by atoms with Crippen molar-refractivity contribution in [1.29, 1.82) is 0 Å². The molecule has 0 radical (unpaired) electrons. The van der Waals surface area contributed by atoms with E-state index >= 15 is 0 Å². The van der Waals surface area contributed by atoms with E-state index in [4.69, 9.17) is 19.2 Å². The first-order valence-corrected chi connectivity index (χ1v) is 28.5. The van der Waals surface area contributed by atoms with Crippen molar-refractivity contribution in [2.45, 2.75) is 154 Å². The summed E-state index contributed by atoms with van der Waals surface area (Å²) in [5.41, 5.74) is 7.32. The molecule has 7 aliphatic rings. The summed E-state index contributed by atoms with van der Waals surface area (Å²) in [6.07, 6.45) is 11.4. The number of hydrogen-bond donors (Lipinski definition) is 2. The van der Waals surface area contributed by atoms with E-state index in [9.17, 15) is 34.2 Å². The Morgan fingerprint density at radius 2 is 1.71 bits per heavy atom. The summed E-state index contributed by atoms with van der Waals surface area (Å²) in [7, 11) is 2.16. The molecule has 7 atom stereocenters. The van der Waals surface area contributed by atoms with Crippen LogP contribution in [0.1, 0.15) is 145 Å². The van der Waals surface area contributed by atoms with Gasteiger partial charge in [-0.2, -0.15) is 0 Å². The molecule has 1 unspecified atom stereocenters. The van der Waals surface area contributed by atoms with Gasteiger partial charge in [0.25, 0.3) is 5.56 Å². The zero-order valence-corrected chi connectivity index (χ0v) is 45.8. The average molecular weight is 1050 g/mol. The number of aryl methyl sites for hydroxylation is 1. The number of carbonyl (C=O) groups is 4. The van der Waals surface area contributed by atoms with E-state index < -0.39 is 28.7 Å². The Bertz CT molecular complexity index is 3170. The van der Waals surface area contributed by atoms with Crippen molar-refractivity contribution >= 4 is 40.4 Å². The maximum Gasteiger partial charge on any atom is 0.415 e. The van der Waals surface area contributed by atoms with Crippen molar-refractivity contribution < 1.29 is 43.6 Å². The zero-order chi connectivity index (χ0) is 54.1. The topological polar surface area (TPSA) is 181 Å². The van der Waals surface area contributed by atoms with Gasteiger partial charge in [-0.15, -0.1) is 0 Å². The molecule has 1 saturated heterocycles. The lowest BCUT2D eigenvalue weighted by atomic mass is 9.50. The first-order valence-electron chi connectivity index (χ1n) is 28.5. The average Bonchev–Trinajstić information content (AvgIpc) is 3.97. The van der Waals surface area contributed by atoms with Crippen LogP contribution in [0, 0.1) is 17.3 Å². The summed E-state index contributed by atoms with van der Waals surface area (Å²) < 4.78 is 19.1. The van der Waals surface area contributed by atoms with Crippen LogP contribution in [-0.4, -0.2) is 111 Å². The molecule has 0 bridgehead atoms. The van der Waals surface area contributed by atoms with Crippen molar-refractivity contribution in [3.8, 4) is 17.1 Å². The molecule has 15 heteroatoms.